The van der Waals surface area contributed by atoms with Gasteiger partial charge in [-0.05, 0) is 31.0 Å². The largest absolute Gasteiger partial charge is 0.351 e. The number of nitrogens with one attached hydrogen (secondary N) is 1. The summed E-state index contributed by atoms with van der Waals surface area (Å²) in [5, 5.41) is 2.48. The van der Waals surface area contributed by atoms with Crippen LogP contribution in [0.25, 0.3) is 0 Å². The Balaban J connectivity index is 1.84. The first kappa shape index (κ1) is 17.7. The van der Waals surface area contributed by atoms with Gasteiger partial charge in [0.2, 0.25) is 5.91 Å². The van der Waals surface area contributed by atoms with Gasteiger partial charge in [0.15, 0.2) is 9.84 Å². The molecule has 8 heteroatoms. The van der Waals surface area contributed by atoms with Gasteiger partial charge in [-0.3, -0.25) is 4.79 Å². The van der Waals surface area contributed by atoms with Crippen molar-refractivity contribution in [1.82, 2.24) is 5.32 Å². The maximum Gasteiger partial charge on any atom is 0.233 e. The molecule has 0 bridgehead atoms. The molecule has 0 radical (unpaired) electrons. The summed E-state index contributed by atoms with van der Waals surface area (Å²) in [6, 6.07) is 4.18. The number of amides is 1. The van der Waals surface area contributed by atoms with Crippen molar-refractivity contribution in [2.24, 2.45) is 0 Å². The molecule has 2 atom stereocenters. The van der Waals surface area contributed by atoms with Gasteiger partial charge in [-0.25, -0.2) is 12.8 Å². The average molecular weight is 410 g/mol. The molecule has 0 saturated carbocycles. The quantitative estimate of drug-likeness (QED) is 0.811. The monoisotopic (exact) mass is 409 g/mol. The number of carbonyl (C=O) groups excluding carboxylic acids is 1. The Morgan fingerprint density at radius 1 is 1.55 bits per heavy atom. The van der Waals surface area contributed by atoms with Gasteiger partial charge in [-0.15, -0.1) is 11.8 Å². The highest BCUT2D eigenvalue weighted by atomic mass is 79.9. The molecule has 0 spiro atoms. The zero-order chi connectivity index (χ0) is 16.3. The smallest absolute Gasteiger partial charge is 0.233 e. The van der Waals surface area contributed by atoms with E-state index in [2.05, 4.69) is 21.2 Å². The summed E-state index contributed by atoms with van der Waals surface area (Å²) in [6.45, 7) is 1.78. The van der Waals surface area contributed by atoms with Crippen molar-refractivity contribution in [2.75, 3.05) is 11.5 Å². The van der Waals surface area contributed by atoms with Crippen LogP contribution in [0.1, 0.15) is 18.9 Å². The van der Waals surface area contributed by atoms with Crippen LogP contribution in [0, 0.1) is 5.82 Å². The molecule has 1 N–H and O–H groups in total. The Bertz CT molecular complexity index is 666. The SMILES string of the molecule is CC(SCc1ccc(F)cc1Br)C(=O)NC1CCS(=O)(=O)C1. The summed E-state index contributed by atoms with van der Waals surface area (Å²) in [4.78, 5) is 12.1. The first-order chi connectivity index (χ1) is 10.3. The first-order valence-corrected chi connectivity index (χ1v) is 10.5. The Kier molecular flexibility index (Phi) is 5.90. The van der Waals surface area contributed by atoms with Crippen molar-refractivity contribution in [3.63, 3.8) is 0 Å². The second-order valence-electron chi connectivity index (χ2n) is 5.30. The fraction of sp³-hybridized carbons (Fsp3) is 0.500. The normalized spacial score (nSPS) is 21.5. The summed E-state index contributed by atoms with van der Waals surface area (Å²) in [5.74, 6) is 0.263. The van der Waals surface area contributed by atoms with E-state index in [9.17, 15) is 17.6 Å². The maximum atomic E-state index is 13.0. The number of benzene rings is 1. The molecule has 1 amide bonds. The second-order valence-corrected chi connectivity index (χ2v) is 9.71. The highest BCUT2D eigenvalue weighted by Gasteiger charge is 2.30. The van der Waals surface area contributed by atoms with E-state index in [1.165, 1.54) is 23.9 Å². The summed E-state index contributed by atoms with van der Waals surface area (Å²) < 4.78 is 36.4. The summed E-state index contributed by atoms with van der Waals surface area (Å²) in [5.41, 5.74) is 0.912. The average Bonchev–Trinajstić information content (AvgIpc) is 2.76. The van der Waals surface area contributed by atoms with Gasteiger partial charge < -0.3 is 5.32 Å². The summed E-state index contributed by atoms with van der Waals surface area (Å²) >= 11 is 4.72. The number of halogens is 2. The molecule has 1 saturated heterocycles. The number of hydrogen-bond acceptors (Lipinski definition) is 4. The van der Waals surface area contributed by atoms with E-state index in [1.54, 1.807) is 13.0 Å². The number of sulfone groups is 1. The fourth-order valence-electron chi connectivity index (χ4n) is 2.16. The third-order valence-corrected chi connectivity index (χ3v) is 7.15. The summed E-state index contributed by atoms with van der Waals surface area (Å²) in [7, 11) is -2.99. The molecule has 2 unspecified atom stereocenters. The van der Waals surface area contributed by atoms with E-state index in [0.717, 1.165) is 5.56 Å². The van der Waals surface area contributed by atoms with E-state index in [1.807, 2.05) is 0 Å². The van der Waals surface area contributed by atoms with Crippen molar-refractivity contribution in [3.05, 3.63) is 34.1 Å². The Hall–Kier alpha value is -0.600. The van der Waals surface area contributed by atoms with Crippen molar-refractivity contribution in [1.29, 1.82) is 0 Å². The predicted molar refractivity (Wildman–Crippen MR) is 90.1 cm³/mol. The molecule has 0 aliphatic carbocycles. The van der Waals surface area contributed by atoms with E-state index < -0.39 is 9.84 Å². The van der Waals surface area contributed by atoms with Crippen LogP contribution in [0.2, 0.25) is 0 Å². The highest BCUT2D eigenvalue weighted by molar-refractivity contribution is 9.10. The van der Waals surface area contributed by atoms with Crippen LogP contribution in [0.4, 0.5) is 4.39 Å². The van der Waals surface area contributed by atoms with Crippen LogP contribution in [-0.2, 0) is 20.4 Å². The van der Waals surface area contributed by atoms with Crippen LogP contribution < -0.4 is 5.32 Å². The molecule has 2 rings (SSSR count). The molecule has 1 aromatic rings. The number of hydrogen-bond donors (Lipinski definition) is 1. The van der Waals surface area contributed by atoms with Crippen molar-refractivity contribution in [3.8, 4) is 0 Å². The standard InChI is InChI=1S/C14H17BrFNO3S2/c1-9(14(18)17-12-4-5-22(19,20)8-12)21-7-10-2-3-11(16)6-13(10)15/h2-3,6,9,12H,4-5,7-8H2,1H3,(H,17,18). The molecule has 1 fully saturated rings. The molecule has 0 aromatic heterocycles. The fourth-order valence-corrected chi connectivity index (χ4v) is 5.41. The zero-order valence-corrected chi connectivity index (χ0v) is 15.2. The van der Waals surface area contributed by atoms with E-state index >= 15 is 0 Å². The van der Waals surface area contributed by atoms with Gasteiger partial charge >= 0.3 is 0 Å². The van der Waals surface area contributed by atoms with E-state index in [0.29, 0.717) is 16.6 Å². The zero-order valence-electron chi connectivity index (χ0n) is 12.0. The van der Waals surface area contributed by atoms with Crippen LogP contribution in [-0.4, -0.2) is 37.1 Å². The lowest BCUT2D eigenvalue weighted by atomic mass is 10.2. The topological polar surface area (TPSA) is 63.2 Å². The van der Waals surface area contributed by atoms with Gasteiger partial charge in [0.25, 0.3) is 0 Å². The highest BCUT2D eigenvalue weighted by Crippen LogP contribution is 2.25. The molecule has 1 aliphatic rings. The summed E-state index contributed by atoms with van der Waals surface area (Å²) in [6.07, 6.45) is 0.481. The molecule has 122 valence electrons. The minimum Gasteiger partial charge on any atom is -0.351 e. The van der Waals surface area contributed by atoms with Gasteiger partial charge in [0.05, 0.1) is 16.8 Å². The van der Waals surface area contributed by atoms with Crippen molar-refractivity contribution in [2.45, 2.75) is 30.4 Å². The Morgan fingerprint density at radius 3 is 2.86 bits per heavy atom. The van der Waals surface area contributed by atoms with Crippen molar-refractivity contribution < 1.29 is 17.6 Å². The van der Waals surface area contributed by atoms with Crippen LogP contribution in [0.15, 0.2) is 22.7 Å². The van der Waals surface area contributed by atoms with E-state index in [-0.39, 0.29) is 34.5 Å². The number of rotatable bonds is 5. The molecule has 1 heterocycles. The molecule has 1 aliphatic heterocycles. The van der Waals surface area contributed by atoms with E-state index in [4.69, 9.17) is 0 Å². The van der Waals surface area contributed by atoms with Crippen LogP contribution >= 0.6 is 27.7 Å². The number of carbonyl (C=O) groups is 1. The molecule has 4 nitrogen and oxygen atoms in total. The lowest BCUT2D eigenvalue weighted by Gasteiger charge is -2.16. The third-order valence-electron chi connectivity index (χ3n) is 3.45. The van der Waals surface area contributed by atoms with Gasteiger partial charge in [-0.1, -0.05) is 22.0 Å². The Morgan fingerprint density at radius 2 is 2.27 bits per heavy atom. The third kappa shape index (κ3) is 4.96. The Labute approximate surface area is 142 Å². The second kappa shape index (κ2) is 7.31. The molecule has 1 aromatic carbocycles. The van der Waals surface area contributed by atoms with Gasteiger partial charge in [-0.2, -0.15) is 0 Å². The lowest BCUT2D eigenvalue weighted by Crippen LogP contribution is -2.40. The molecular formula is C14H17BrFNO3S2. The minimum atomic E-state index is -2.99. The first-order valence-electron chi connectivity index (χ1n) is 6.83. The molecular weight excluding hydrogens is 393 g/mol. The molecule has 22 heavy (non-hydrogen) atoms. The van der Waals surface area contributed by atoms with Crippen molar-refractivity contribution >= 4 is 43.4 Å². The lowest BCUT2D eigenvalue weighted by molar-refractivity contribution is -0.120. The van der Waals surface area contributed by atoms with Crippen LogP contribution in [0.3, 0.4) is 0 Å². The number of thioether (sulfide) groups is 1. The maximum absolute atomic E-state index is 13.0. The van der Waals surface area contributed by atoms with Gasteiger partial charge in [0, 0.05) is 16.3 Å². The predicted octanol–water partition coefficient (Wildman–Crippen LogP) is 2.51. The van der Waals surface area contributed by atoms with Gasteiger partial charge in [0.1, 0.15) is 5.82 Å². The minimum absolute atomic E-state index is 0.0274. The van der Waals surface area contributed by atoms with Crippen LogP contribution in [0.5, 0.6) is 0 Å².